The van der Waals surface area contributed by atoms with Gasteiger partial charge < -0.3 is 25.6 Å². The summed E-state index contributed by atoms with van der Waals surface area (Å²) in [6.07, 6.45) is 1.13. The van der Waals surface area contributed by atoms with Gasteiger partial charge in [0.2, 0.25) is 5.88 Å². The summed E-state index contributed by atoms with van der Waals surface area (Å²) < 4.78 is 19.3. The number of carboxylic acid groups (broad SMARTS) is 1. The lowest BCUT2D eigenvalue weighted by Crippen LogP contribution is -2.49. The van der Waals surface area contributed by atoms with Crippen molar-refractivity contribution in [2.45, 2.75) is 44.0 Å². The lowest BCUT2D eigenvalue weighted by atomic mass is 9.88. The first kappa shape index (κ1) is 18.3. The number of nitrogens with zero attached hydrogens (tertiary/aromatic N) is 2. The van der Waals surface area contributed by atoms with E-state index in [1.165, 1.54) is 19.4 Å². The normalized spacial score (nSPS) is 23.0. The molecule has 0 bridgehead atoms. The Morgan fingerprint density at radius 2 is 2.23 bits per heavy atom. The van der Waals surface area contributed by atoms with E-state index in [0.29, 0.717) is 41.7 Å². The summed E-state index contributed by atoms with van der Waals surface area (Å²) in [5, 5.41) is 24.6. The van der Waals surface area contributed by atoms with E-state index in [1.54, 1.807) is 6.07 Å². The van der Waals surface area contributed by atoms with Gasteiger partial charge in [-0.1, -0.05) is 0 Å². The molecule has 3 atom stereocenters. The zero-order valence-electron chi connectivity index (χ0n) is 14.3. The molecule has 1 aliphatic rings. The minimum absolute atomic E-state index is 0.183. The Balaban J connectivity index is 1.70. The fourth-order valence-electron chi connectivity index (χ4n) is 3.29. The summed E-state index contributed by atoms with van der Waals surface area (Å²) in [6, 6.07) is 2.36. The van der Waals surface area contributed by atoms with Crippen LogP contribution < -0.4 is 15.4 Å². The molecule has 3 rings (SSSR count). The van der Waals surface area contributed by atoms with Crippen LogP contribution in [0, 0.1) is 5.82 Å². The van der Waals surface area contributed by atoms with E-state index in [9.17, 15) is 14.3 Å². The first-order valence-corrected chi connectivity index (χ1v) is 8.37. The van der Waals surface area contributed by atoms with Gasteiger partial charge in [-0.2, -0.15) is 0 Å². The zero-order chi connectivity index (χ0) is 18.7. The molecule has 140 valence electrons. The molecule has 4 N–H and O–H groups in total. The topological polar surface area (TPSA) is 117 Å². The van der Waals surface area contributed by atoms with Crippen LogP contribution in [0.4, 0.5) is 9.18 Å². The van der Waals surface area contributed by atoms with E-state index in [2.05, 4.69) is 20.6 Å². The summed E-state index contributed by atoms with van der Waals surface area (Å²) in [5.74, 6) is -0.0529. The van der Waals surface area contributed by atoms with Gasteiger partial charge in [0, 0.05) is 24.2 Å². The molecule has 1 aliphatic carbocycles. The van der Waals surface area contributed by atoms with Crippen molar-refractivity contribution in [2.24, 2.45) is 0 Å². The van der Waals surface area contributed by atoms with Gasteiger partial charge in [-0.15, -0.1) is 0 Å². The van der Waals surface area contributed by atoms with Crippen LogP contribution in [-0.2, 0) is 6.54 Å². The van der Waals surface area contributed by atoms with Crippen LogP contribution in [0.5, 0.6) is 5.88 Å². The average molecular weight is 364 g/mol. The number of ether oxygens (including phenoxy) is 1. The van der Waals surface area contributed by atoms with Crippen molar-refractivity contribution >= 4 is 17.1 Å². The van der Waals surface area contributed by atoms with E-state index in [0.717, 1.165) is 0 Å². The summed E-state index contributed by atoms with van der Waals surface area (Å²) in [4.78, 5) is 19.2. The fourth-order valence-corrected chi connectivity index (χ4v) is 3.29. The van der Waals surface area contributed by atoms with Gasteiger partial charge in [-0.05, 0) is 31.4 Å². The van der Waals surface area contributed by atoms with Crippen molar-refractivity contribution in [1.29, 1.82) is 0 Å². The average Bonchev–Trinajstić information content (AvgIpc) is 2.61. The largest absolute Gasteiger partial charge is 0.480 e. The number of aromatic nitrogens is 2. The second-order valence-electron chi connectivity index (χ2n) is 6.32. The Morgan fingerprint density at radius 3 is 2.92 bits per heavy atom. The highest BCUT2D eigenvalue weighted by molar-refractivity contribution is 5.78. The number of nitrogens with one attached hydrogen (secondary N) is 2. The fraction of sp³-hybridized carbons (Fsp3) is 0.471. The van der Waals surface area contributed by atoms with Crippen LogP contribution >= 0.6 is 0 Å². The Kier molecular flexibility index (Phi) is 5.48. The number of aliphatic hydroxyl groups is 1. The molecule has 1 aromatic heterocycles. The lowest BCUT2D eigenvalue weighted by Gasteiger charge is -2.33. The molecule has 1 heterocycles. The number of amides is 1. The Morgan fingerprint density at radius 1 is 1.42 bits per heavy atom. The van der Waals surface area contributed by atoms with Crippen molar-refractivity contribution in [3.8, 4) is 5.88 Å². The molecule has 1 fully saturated rings. The highest BCUT2D eigenvalue weighted by Gasteiger charge is 2.29. The van der Waals surface area contributed by atoms with Crippen LogP contribution in [0.15, 0.2) is 18.3 Å². The van der Waals surface area contributed by atoms with E-state index < -0.39 is 18.0 Å². The molecule has 0 saturated heterocycles. The first-order valence-electron chi connectivity index (χ1n) is 8.37. The second kappa shape index (κ2) is 7.79. The molecule has 9 heteroatoms. The number of hydrogen-bond acceptors (Lipinski definition) is 6. The number of aliphatic hydroxyl groups excluding tert-OH is 1. The number of methoxy groups -OCH3 is 1. The number of fused-ring (bicyclic) bond motifs is 1. The van der Waals surface area contributed by atoms with E-state index in [4.69, 9.17) is 9.84 Å². The van der Waals surface area contributed by atoms with Crippen LogP contribution in [0.25, 0.3) is 11.0 Å². The predicted molar refractivity (Wildman–Crippen MR) is 91.5 cm³/mol. The molecule has 2 aromatic rings. The van der Waals surface area contributed by atoms with E-state index >= 15 is 0 Å². The SMILES string of the molecule is COc1cnc2c(CN[C@H]3CCC(NC(=O)O)C[C@H]3O)c(F)ccc2n1. The highest BCUT2D eigenvalue weighted by atomic mass is 19.1. The molecular formula is C17H21FN4O4. The summed E-state index contributed by atoms with van der Waals surface area (Å²) in [7, 11) is 1.48. The van der Waals surface area contributed by atoms with Gasteiger partial charge in [-0.3, -0.25) is 0 Å². The second-order valence-corrected chi connectivity index (χ2v) is 6.32. The molecule has 1 unspecified atom stereocenters. The van der Waals surface area contributed by atoms with Gasteiger partial charge in [0.1, 0.15) is 5.82 Å². The van der Waals surface area contributed by atoms with Crippen molar-refractivity contribution in [1.82, 2.24) is 20.6 Å². The smallest absolute Gasteiger partial charge is 0.404 e. The molecular weight excluding hydrogens is 343 g/mol. The third kappa shape index (κ3) is 4.00. The minimum atomic E-state index is -1.10. The molecule has 8 nitrogen and oxygen atoms in total. The lowest BCUT2D eigenvalue weighted by molar-refractivity contribution is 0.0740. The van der Waals surface area contributed by atoms with Crippen LogP contribution in [0.1, 0.15) is 24.8 Å². The van der Waals surface area contributed by atoms with Gasteiger partial charge in [0.05, 0.1) is 30.4 Å². The van der Waals surface area contributed by atoms with Crippen molar-refractivity contribution in [2.75, 3.05) is 7.11 Å². The number of benzene rings is 1. The third-order valence-electron chi connectivity index (χ3n) is 4.63. The van der Waals surface area contributed by atoms with Crippen molar-refractivity contribution in [3.63, 3.8) is 0 Å². The van der Waals surface area contributed by atoms with Gasteiger partial charge in [0.25, 0.3) is 0 Å². The number of halogens is 1. The first-order chi connectivity index (χ1) is 12.5. The number of rotatable bonds is 5. The molecule has 26 heavy (non-hydrogen) atoms. The molecule has 0 aliphatic heterocycles. The van der Waals surface area contributed by atoms with E-state index in [1.807, 2.05) is 0 Å². The Hall–Kier alpha value is -2.52. The summed E-state index contributed by atoms with van der Waals surface area (Å²) in [6.45, 7) is 0.183. The number of carbonyl (C=O) groups is 1. The third-order valence-corrected chi connectivity index (χ3v) is 4.63. The maximum Gasteiger partial charge on any atom is 0.404 e. The van der Waals surface area contributed by atoms with Crippen LogP contribution in [0.2, 0.25) is 0 Å². The quantitative estimate of drug-likeness (QED) is 0.634. The van der Waals surface area contributed by atoms with Crippen molar-refractivity contribution < 1.29 is 24.1 Å². The predicted octanol–water partition coefficient (Wildman–Crippen LogP) is 1.42. The van der Waals surface area contributed by atoms with Gasteiger partial charge in [-0.25, -0.2) is 19.2 Å². The Labute approximate surface area is 149 Å². The summed E-state index contributed by atoms with van der Waals surface area (Å²) >= 11 is 0. The Bertz CT molecular complexity index is 804. The molecule has 0 radical (unpaired) electrons. The monoisotopic (exact) mass is 364 g/mol. The van der Waals surface area contributed by atoms with Crippen LogP contribution in [0.3, 0.4) is 0 Å². The maximum absolute atomic E-state index is 14.3. The maximum atomic E-state index is 14.3. The molecule has 1 saturated carbocycles. The summed E-state index contributed by atoms with van der Waals surface area (Å²) in [5.41, 5.74) is 1.34. The van der Waals surface area contributed by atoms with E-state index in [-0.39, 0.29) is 18.6 Å². The van der Waals surface area contributed by atoms with Crippen molar-refractivity contribution in [3.05, 3.63) is 29.7 Å². The molecule has 0 spiro atoms. The standard InChI is InChI=1S/C17H21FN4O4/c1-26-15-8-20-16-10(11(18)3-5-13(16)22-15)7-19-12-4-2-9(6-14(12)23)21-17(24)25/h3,5,8-9,12,14,19,21,23H,2,4,6-7H2,1H3,(H,24,25)/t9?,12-,14+/m0/s1. The molecule has 1 aromatic carbocycles. The minimum Gasteiger partial charge on any atom is -0.480 e. The number of hydrogen-bond donors (Lipinski definition) is 4. The zero-order valence-corrected chi connectivity index (χ0v) is 14.3. The van der Waals surface area contributed by atoms with Gasteiger partial charge >= 0.3 is 6.09 Å². The van der Waals surface area contributed by atoms with Gasteiger partial charge in [0.15, 0.2) is 0 Å². The van der Waals surface area contributed by atoms with Crippen LogP contribution in [-0.4, -0.2) is 51.6 Å². The highest BCUT2D eigenvalue weighted by Crippen LogP contribution is 2.23. The molecule has 1 amide bonds.